The maximum absolute atomic E-state index is 11.3. The first-order valence-electron chi connectivity index (χ1n) is 5.65. The number of carbonyl (C=O) groups is 1. The fourth-order valence-corrected chi connectivity index (χ4v) is 1.29. The number of hydrogen-bond donors (Lipinski definition) is 0. The van der Waals surface area contributed by atoms with Crippen molar-refractivity contribution < 1.29 is 19.0 Å². The lowest BCUT2D eigenvalue weighted by Crippen LogP contribution is -2.25. The van der Waals surface area contributed by atoms with Crippen molar-refractivity contribution in [3.05, 3.63) is 0 Å². The highest BCUT2D eigenvalue weighted by molar-refractivity contribution is 5.70. The molecule has 0 aromatic carbocycles. The Kier molecular flexibility index (Phi) is 5.65. The van der Waals surface area contributed by atoms with Crippen LogP contribution < -0.4 is 0 Å². The van der Waals surface area contributed by atoms with E-state index >= 15 is 0 Å². The molecule has 0 radical (unpaired) electrons. The van der Waals surface area contributed by atoms with Crippen LogP contribution in [-0.2, 0) is 19.0 Å². The van der Waals surface area contributed by atoms with Crippen molar-refractivity contribution in [3.63, 3.8) is 0 Å². The molecule has 0 aromatic rings. The molecule has 4 heteroatoms. The van der Waals surface area contributed by atoms with Crippen LogP contribution in [0.25, 0.3) is 0 Å². The summed E-state index contributed by atoms with van der Waals surface area (Å²) in [5, 5.41) is 0. The van der Waals surface area contributed by atoms with Gasteiger partial charge in [-0.1, -0.05) is 0 Å². The fraction of sp³-hybridized carbons (Fsp3) is 0.909. The van der Waals surface area contributed by atoms with Gasteiger partial charge in [0.25, 0.3) is 0 Å². The molecule has 4 nitrogen and oxygen atoms in total. The Labute approximate surface area is 90.9 Å². The van der Waals surface area contributed by atoms with Crippen LogP contribution in [0.3, 0.4) is 0 Å². The molecular weight excluding hydrogens is 196 g/mol. The molecule has 0 saturated heterocycles. The lowest BCUT2D eigenvalue weighted by Gasteiger charge is -2.16. The lowest BCUT2D eigenvalue weighted by molar-refractivity contribution is -0.179. The van der Waals surface area contributed by atoms with Crippen molar-refractivity contribution in [1.29, 1.82) is 0 Å². The first-order chi connectivity index (χ1) is 7.26. The molecule has 0 atom stereocenters. The van der Waals surface area contributed by atoms with E-state index in [2.05, 4.69) is 0 Å². The highest BCUT2D eigenvalue weighted by atomic mass is 16.7. The number of ether oxygens (including phenoxy) is 3. The number of hydrogen-bond acceptors (Lipinski definition) is 4. The van der Waals surface area contributed by atoms with Crippen LogP contribution in [0.15, 0.2) is 0 Å². The Hall–Kier alpha value is -0.610. The molecule has 0 spiro atoms. The topological polar surface area (TPSA) is 44.8 Å². The average Bonchev–Trinajstić information content (AvgIpc) is 2.99. The zero-order valence-electron chi connectivity index (χ0n) is 9.53. The van der Waals surface area contributed by atoms with E-state index in [9.17, 15) is 4.79 Å². The van der Waals surface area contributed by atoms with Crippen molar-refractivity contribution in [2.24, 2.45) is 5.92 Å². The zero-order valence-corrected chi connectivity index (χ0v) is 9.53. The Morgan fingerprint density at radius 2 is 1.87 bits per heavy atom. The first-order valence-corrected chi connectivity index (χ1v) is 5.65. The molecule has 0 heterocycles. The summed E-state index contributed by atoms with van der Waals surface area (Å²) in [6, 6.07) is 0. The van der Waals surface area contributed by atoms with E-state index in [1.807, 2.05) is 13.8 Å². The minimum atomic E-state index is -0.414. The predicted molar refractivity (Wildman–Crippen MR) is 55.3 cm³/mol. The molecule has 0 N–H and O–H groups in total. The third-order valence-electron chi connectivity index (χ3n) is 2.24. The van der Waals surface area contributed by atoms with Gasteiger partial charge >= 0.3 is 5.97 Å². The van der Waals surface area contributed by atoms with Crippen LogP contribution in [0.1, 0.15) is 33.1 Å². The number of rotatable bonds is 8. The van der Waals surface area contributed by atoms with Gasteiger partial charge in [0.05, 0.1) is 0 Å². The molecular formula is C11H20O4. The minimum Gasteiger partial charge on any atom is -0.460 e. The summed E-state index contributed by atoms with van der Waals surface area (Å²) in [6.45, 7) is 5.10. The molecule has 0 aliphatic heterocycles. The van der Waals surface area contributed by atoms with Gasteiger partial charge in [-0.25, -0.2) is 0 Å². The standard InChI is InChI=1S/C11H20O4/c1-3-13-11(14-4-2)8-15-10(12)7-9-5-6-9/h9,11H,3-8H2,1-2H3. The normalized spacial score (nSPS) is 15.7. The number of esters is 1. The van der Waals surface area contributed by atoms with Crippen molar-refractivity contribution in [2.75, 3.05) is 19.8 Å². The highest BCUT2D eigenvalue weighted by Crippen LogP contribution is 2.32. The summed E-state index contributed by atoms with van der Waals surface area (Å²) < 4.78 is 15.6. The molecule has 0 bridgehead atoms. The Morgan fingerprint density at radius 1 is 1.27 bits per heavy atom. The maximum Gasteiger partial charge on any atom is 0.306 e. The first kappa shape index (κ1) is 12.5. The monoisotopic (exact) mass is 216 g/mol. The zero-order chi connectivity index (χ0) is 11.1. The van der Waals surface area contributed by atoms with E-state index in [4.69, 9.17) is 14.2 Å². The summed E-state index contributed by atoms with van der Waals surface area (Å²) in [5.74, 6) is 0.428. The molecule has 15 heavy (non-hydrogen) atoms. The van der Waals surface area contributed by atoms with E-state index in [1.54, 1.807) is 0 Å². The van der Waals surface area contributed by atoms with Gasteiger partial charge in [0.15, 0.2) is 6.29 Å². The maximum atomic E-state index is 11.3. The Balaban J connectivity index is 2.10. The minimum absolute atomic E-state index is 0.137. The third-order valence-corrected chi connectivity index (χ3v) is 2.24. The van der Waals surface area contributed by atoms with Gasteiger partial charge in [0, 0.05) is 19.6 Å². The molecule has 0 unspecified atom stereocenters. The van der Waals surface area contributed by atoms with E-state index < -0.39 is 6.29 Å². The van der Waals surface area contributed by atoms with Gasteiger partial charge in [-0.3, -0.25) is 4.79 Å². The van der Waals surface area contributed by atoms with Crippen LogP contribution in [0.2, 0.25) is 0 Å². The largest absolute Gasteiger partial charge is 0.460 e. The van der Waals surface area contributed by atoms with Crippen LogP contribution in [0.5, 0.6) is 0 Å². The molecule has 0 amide bonds. The molecule has 88 valence electrons. The summed E-state index contributed by atoms with van der Waals surface area (Å²) in [6.07, 6.45) is 2.46. The molecule has 1 rings (SSSR count). The molecule has 1 saturated carbocycles. The highest BCUT2D eigenvalue weighted by Gasteiger charge is 2.25. The average molecular weight is 216 g/mol. The smallest absolute Gasteiger partial charge is 0.306 e. The molecule has 1 aliphatic rings. The quantitative estimate of drug-likeness (QED) is 0.458. The second kappa shape index (κ2) is 6.80. The van der Waals surface area contributed by atoms with Gasteiger partial charge in [0.1, 0.15) is 6.61 Å². The van der Waals surface area contributed by atoms with Crippen LogP contribution >= 0.6 is 0 Å². The summed E-state index contributed by atoms with van der Waals surface area (Å²) >= 11 is 0. The second-order valence-electron chi connectivity index (χ2n) is 3.67. The number of carbonyl (C=O) groups excluding carboxylic acids is 1. The predicted octanol–water partition coefficient (Wildman–Crippen LogP) is 1.73. The Bertz CT molecular complexity index is 183. The van der Waals surface area contributed by atoms with Gasteiger partial charge in [-0.15, -0.1) is 0 Å². The van der Waals surface area contributed by atoms with Crippen LogP contribution in [-0.4, -0.2) is 32.1 Å². The lowest BCUT2D eigenvalue weighted by atomic mass is 10.3. The van der Waals surface area contributed by atoms with Crippen molar-refractivity contribution in [2.45, 2.75) is 39.4 Å². The van der Waals surface area contributed by atoms with E-state index in [0.717, 1.165) is 12.8 Å². The van der Waals surface area contributed by atoms with Crippen molar-refractivity contribution in [1.82, 2.24) is 0 Å². The van der Waals surface area contributed by atoms with E-state index in [1.165, 1.54) is 0 Å². The third kappa shape index (κ3) is 5.74. The van der Waals surface area contributed by atoms with E-state index in [-0.39, 0.29) is 12.6 Å². The van der Waals surface area contributed by atoms with Gasteiger partial charge in [-0.05, 0) is 32.6 Å². The fourth-order valence-electron chi connectivity index (χ4n) is 1.29. The van der Waals surface area contributed by atoms with Gasteiger partial charge < -0.3 is 14.2 Å². The van der Waals surface area contributed by atoms with Crippen LogP contribution in [0.4, 0.5) is 0 Å². The Morgan fingerprint density at radius 3 is 2.33 bits per heavy atom. The van der Waals surface area contributed by atoms with E-state index in [0.29, 0.717) is 25.6 Å². The van der Waals surface area contributed by atoms with Gasteiger partial charge in [-0.2, -0.15) is 0 Å². The van der Waals surface area contributed by atoms with Crippen molar-refractivity contribution >= 4 is 5.97 Å². The molecule has 1 fully saturated rings. The second-order valence-corrected chi connectivity index (χ2v) is 3.67. The summed E-state index contributed by atoms with van der Waals surface area (Å²) in [7, 11) is 0. The summed E-state index contributed by atoms with van der Waals surface area (Å²) in [4.78, 5) is 11.3. The van der Waals surface area contributed by atoms with Crippen LogP contribution in [0, 0.1) is 5.92 Å². The SMILES string of the molecule is CCOC(COC(=O)CC1CC1)OCC. The van der Waals surface area contributed by atoms with Gasteiger partial charge in [0.2, 0.25) is 0 Å². The summed E-state index contributed by atoms with van der Waals surface area (Å²) in [5.41, 5.74) is 0. The molecule has 1 aliphatic carbocycles. The van der Waals surface area contributed by atoms with Crippen molar-refractivity contribution in [3.8, 4) is 0 Å². The molecule has 0 aromatic heterocycles.